The highest BCUT2D eigenvalue weighted by Crippen LogP contribution is 2.20. The van der Waals surface area contributed by atoms with E-state index >= 15 is 0 Å². The molecule has 20 heavy (non-hydrogen) atoms. The van der Waals surface area contributed by atoms with Crippen molar-refractivity contribution in [3.63, 3.8) is 0 Å². The molecule has 0 radical (unpaired) electrons. The summed E-state index contributed by atoms with van der Waals surface area (Å²) in [6, 6.07) is 8.75. The van der Waals surface area contributed by atoms with E-state index in [1.165, 1.54) is 29.3 Å². The molecule has 0 amide bonds. The summed E-state index contributed by atoms with van der Waals surface area (Å²) >= 11 is 0. The molecule has 0 unspecified atom stereocenters. The molecule has 0 spiro atoms. The Hall–Kier alpha value is -2.10. The van der Waals surface area contributed by atoms with Crippen molar-refractivity contribution in [1.82, 2.24) is 19.3 Å². The molecular formula is C16H18N4. The molecule has 0 saturated heterocycles. The van der Waals surface area contributed by atoms with Crippen LogP contribution in [0.5, 0.6) is 0 Å². The van der Waals surface area contributed by atoms with E-state index in [2.05, 4.69) is 56.7 Å². The molecule has 4 nitrogen and oxygen atoms in total. The molecule has 0 atom stereocenters. The maximum Gasteiger partial charge on any atom is 0.153 e. The second kappa shape index (κ2) is 4.47. The Morgan fingerprint density at radius 2 is 2.10 bits per heavy atom. The van der Waals surface area contributed by atoms with Crippen LogP contribution < -0.4 is 0 Å². The molecule has 4 rings (SSSR count). The normalized spacial score (nSPS) is 14.7. The van der Waals surface area contributed by atoms with E-state index < -0.39 is 0 Å². The van der Waals surface area contributed by atoms with Crippen molar-refractivity contribution < 1.29 is 0 Å². The van der Waals surface area contributed by atoms with Gasteiger partial charge in [-0.15, -0.1) is 10.2 Å². The zero-order valence-corrected chi connectivity index (χ0v) is 11.7. The average molecular weight is 266 g/mol. The van der Waals surface area contributed by atoms with Gasteiger partial charge in [0.1, 0.15) is 5.82 Å². The summed E-state index contributed by atoms with van der Waals surface area (Å²) in [7, 11) is 0. The highest BCUT2D eigenvalue weighted by atomic mass is 15.3. The molecule has 2 aromatic heterocycles. The van der Waals surface area contributed by atoms with Gasteiger partial charge in [0.15, 0.2) is 5.82 Å². The highest BCUT2D eigenvalue weighted by Gasteiger charge is 2.16. The summed E-state index contributed by atoms with van der Waals surface area (Å²) in [6.07, 6.45) is 5.69. The zero-order chi connectivity index (χ0) is 13.5. The fourth-order valence-corrected chi connectivity index (χ4v) is 3.07. The van der Waals surface area contributed by atoms with Crippen molar-refractivity contribution >= 4 is 10.9 Å². The van der Waals surface area contributed by atoms with Crippen molar-refractivity contribution in [3.05, 3.63) is 47.7 Å². The van der Waals surface area contributed by atoms with E-state index in [0.717, 1.165) is 31.2 Å². The van der Waals surface area contributed by atoms with E-state index in [-0.39, 0.29) is 0 Å². The Morgan fingerprint density at radius 3 is 3.05 bits per heavy atom. The molecule has 0 N–H and O–H groups in total. The average Bonchev–Trinajstić information content (AvgIpc) is 3.05. The Bertz CT molecular complexity index is 766. The van der Waals surface area contributed by atoms with Crippen molar-refractivity contribution in [3.8, 4) is 0 Å². The Morgan fingerprint density at radius 1 is 1.15 bits per heavy atom. The molecule has 3 aromatic rings. The van der Waals surface area contributed by atoms with Gasteiger partial charge in [0.05, 0.1) is 6.54 Å². The number of aromatic nitrogens is 4. The molecule has 3 heterocycles. The lowest BCUT2D eigenvalue weighted by atomic mass is 10.1. The van der Waals surface area contributed by atoms with E-state index in [1.807, 2.05) is 0 Å². The summed E-state index contributed by atoms with van der Waals surface area (Å²) in [6.45, 7) is 4.01. The van der Waals surface area contributed by atoms with Crippen molar-refractivity contribution in [2.75, 3.05) is 0 Å². The minimum atomic E-state index is 0.806. The topological polar surface area (TPSA) is 35.6 Å². The maximum absolute atomic E-state index is 4.39. The Labute approximate surface area is 118 Å². The molecule has 0 bridgehead atoms. The van der Waals surface area contributed by atoms with Crippen LogP contribution in [0, 0.1) is 6.92 Å². The Balaban J connectivity index is 1.74. The van der Waals surface area contributed by atoms with E-state index in [1.54, 1.807) is 0 Å². The van der Waals surface area contributed by atoms with E-state index in [9.17, 15) is 0 Å². The summed E-state index contributed by atoms with van der Waals surface area (Å²) in [4.78, 5) is 0. The number of hydrogen-bond acceptors (Lipinski definition) is 2. The lowest BCUT2D eigenvalue weighted by Gasteiger charge is -2.15. The van der Waals surface area contributed by atoms with Gasteiger partial charge in [-0.3, -0.25) is 0 Å². The molecule has 0 fully saturated rings. The smallest absolute Gasteiger partial charge is 0.153 e. The lowest BCUT2D eigenvalue weighted by molar-refractivity contribution is 0.503. The van der Waals surface area contributed by atoms with Crippen LogP contribution in [-0.4, -0.2) is 19.3 Å². The van der Waals surface area contributed by atoms with Crippen LogP contribution in [-0.2, 0) is 19.5 Å². The number of rotatable bonds is 2. The maximum atomic E-state index is 4.39. The summed E-state index contributed by atoms with van der Waals surface area (Å²) < 4.78 is 4.57. The van der Waals surface area contributed by atoms with Crippen molar-refractivity contribution in [2.24, 2.45) is 0 Å². The summed E-state index contributed by atoms with van der Waals surface area (Å²) in [5, 5.41) is 10.0. The zero-order valence-electron chi connectivity index (χ0n) is 11.7. The van der Waals surface area contributed by atoms with E-state index in [4.69, 9.17) is 0 Å². The van der Waals surface area contributed by atoms with Crippen LogP contribution in [0.1, 0.15) is 30.1 Å². The molecule has 102 valence electrons. The largest absolute Gasteiger partial charge is 0.340 e. The molecule has 1 aromatic carbocycles. The number of nitrogens with zero attached hydrogens (tertiary/aromatic N) is 4. The van der Waals surface area contributed by atoms with Gasteiger partial charge in [-0.25, -0.2) is 0 Å². The van der Waals surface area contributed by atoms with Crippen LogP contribution in [0.2, 0.25) is 0 Å². The summed E-state index contributed by atoms with van der Waals surface area (Å²) in [5.74, 6) is 2.23. The van der Waals surface area contributed by atoms with Gasteiger partial charge in [0.25, 0.3) is 0 Å². The van der Waals surface area contributed by atoms with Crippen LogP contribution in [0.25, 0.3) is 10.9 Å². The first-order chi connectivity index (χ1) is 9.81. The number of benzene rings is 1. The van der Waals surface area contributed by atoms with Crippen LogP contribution in [0.3, 0.4) is 0 Å². The third-order valence-electron chi connectivity index (χ3n) is 4.18. The standard InChI is InChI=1S/C16H18N4/c1-12-5-6-13-7-9-19(14(13)10-12)11-16-18-17-15-4-2-3-8-20(15)16/h5-7,9-10H,2-4,8,11H2,1H3. The molecule has 1 aliphatic heterocycles. The van der Waals surface area contributed by atoms with Crippen LogP contribution >= 0.6 is 0 Å². The van der Waals surface area contributed by atoms with Gasteiger partial charge in [-0.05, 0) is 42.8 Å². The first-order valence-electron chi connectivity index (χ1n) is 7.28. The third-order valence-corrected chi connectivity index (χ3v) is 4.18. The molecular weight excluding hydrogens is 248 g/mol. The number of hydrogen-bond donors (Lipinski definition) is 0. The second-order valence-corrected chi connectivity index (χ2v) is 5.65. The molecule has 1 aliphatic rings. The predicted octanol–water partition coefficient (Wildman–Crippen LogP) is 2.93. The van der Waals surface area contributed by atoms with Crippen molar-refractivity contribution in [2.45, 2.75) is 39.3 Å². The predicted molar refractivity (Wildman–Crippen MR) is 78.7 cm³/mol. The Kier molecular flexibility index (Phi) is 2.62. The van der Waals surface area contributed by atoms with Crippen LogP contribution in [0.15, 0.2) is 30.5 Å². The highest BCUT2D eigenvalue weighted by molar-refractivity contribution is 5.80. The lowest BCUT2D eigenvalue weighted by Crippen LogP contribution is -2.14. The summed E-state index contributed by atoms with van der Waals surface area (Å²) in [5.41, 5.74) is 2.57. The first-order valence-corrected chi connectivity index (χ1v) is 7.28. The van der Waals surface area contributed by atoms with Crippen molar-refractivity contribution in [1.29, 1.82) is 0 Å². The van der Waals surface area contributed by atoms with Gasteiger partial charge >= 0.3 is 0 Å². The monoisotopic (exact) mass is 266 g/mol. The minimum absolute atomic E-state index is 0.806. The fraction of sp³-hybridized carbons (Fsp3) is 0.375. The van der Waals surface area contributed by atoms with Gasteiger partial charge < -0.3 is 9.13 Å². The van der Waals surface area contributed by atoms with Gasteiger partial charge in [-0.2, -0.15) is 0 Å². The van der Waals surface area contributed by atoms with E-state index in [0.29, 0.717) is 0 Å². The first kappa shape index (κ1) is 11.7. The molecule has 0 saturated carbocycles. The molecule has 4 heteroatoms. The van der Waals surface area contributed by atoms with Gasteiger partial charge in [0.2, 0.25) is 0 Å². The minimum Gasteiger partial charge on any atom is -0.340 e. The SMILES string of the molecule is Cc1ccc2ccn(Cc3nnc4n3CCCC4)c2c1. The third kappa shape index (κ3) is 1.83. The van der Waals surface area contributed by atoms with Crippen LogP contribution in [0.4, 0.5) is 0 Å². The fourth-order valence-electron chi connectivity index (χ4n) is 3.07. The number of fused-ring (bicyclic) bond motifs is 2. The second-order valence-electron chi connectivity index (χ2n) is 5.65. The quantitative estimate of drug-likeness (QED) is 0.715. The number of aryl methyl sites for hydroxylation is 2. The molecule has 0 aliphatic carbocycles. The van der Waals surface area contributed by atoms with Gasteiger partial charge in [-0.1, -0.05) is 12.1 Å². The van der Waals surface area contributed by atoms with Gasteiger partial charge in [0, 0.05) is 24.7 Å².